The van der Waals surface area contributed by atoms with Crippen molar-refractivity contribution >= 4 is 15.9 Å². The number of carbonyl (C=O) groups excluding carboxylic acids is 1. The van der Waals surface area contributed by atoms with E-state index in [4.69, 9.17) is 14.7 Å². The Bertz CT molecular complexity index is 785. The third kappa shape index (κ3) is 4.40. The fourth-order valence-corrected chi connectivity index (χ4v) is 6.13. The first-order chi connectivity index (χ1) is 13.9. The number of aromatic nitrogens is 1. The normalized spacial score (nSPS) is 20.9. The molecule has 1 amide bonds. The minimum absolute atomic E-state index is 0.0302. The maximum Gasteiger partial charge on any atom is 0.266 e. The summed E-state index contributed by atoms with van der Waals surface area (Å²) in [5.74, 6) is -0.00155. The largest absolute Gasteiger partial charge is 0.492 e. The van der Waals surface area contributed by atoms with Gasteiger partial charge in [0.2, 0.25) is 10.0 Å². The molecule has 0 spiro atoms. The first kappa shape index (κ1) is 21.9. The molecule has 2 N–H and O–H groups in total. The Balaban J connectivity index is 1.68. The zero-order valence-electron chi connectivity index (χ0n) is 16.7. The average molecular weight is 428 g/mol. The van der Waals surface area contributed by atoms with Crippen LogP contribution in [0.25, 0.3) is 0 Å². The zero-order chi connectivity index (χ0) is 20.9. The number of sulfonamides is 1. The first-order valence-corrected chi connectivity index (χ1v) is 11.5. The standard InChI is InChI=1S/C19H29N3O6S/c1-2-11-28-16-3-4-17(20-14-16)15-5-9-22(10-6-15)29(25,26)19(18(23)21-24)7-12-27-13-8-19/h3-4,14-15,24H,2,5-13H2,1H3,(H,21,23). The highest BCUT2D eigenvalue weighted by Gasteiger charge is 2.54. The third-order valence-electron chi connectivity index (χ3n) is 5.75. The molecule has 0 bridgehead atoms. The van der Waals surface area contributed by atoms with Gasteiger partial charge in [0.25, 0.3) is 5.91 Å². The van der Waals surface area contributed by atoms with Crippen LogP contribution in [0.4, 0.5) is 0 Å². The number of hydrogen-bond acceptors (Lipinski definition) is 7. The van der Waals surface area contributed by atoms with Crippen LogP contribution in [0.15, 0.2) is 18.3 Å². The molecule has 10 heteroatoms. The Hall–Kier alpha value is -1.75. The molecule has 162 valence electrons. The van der Waals surface area contributed by atoms with E-state index in [1.54, 1.807) is 11.7 Å². The van der Waals surface area contributed by atoms with Gasteiger partial charge in [0.1, 0.15) is 5.75 Å². The predicted octanol–water partition coefficient (Wildman–Crippen LogP) is 1.43. The highest BCUT2D eigenvalue weighted by molar-refractivity contribution is 7.91. The summed E-state index contributed by atoms with van der Waals surface area (Å²) in [6, 6.07) is 3.82. The summed E-state index contributed by atoms with van der Waals surface area (Å²) in [7, 11) is -3.94. The summed E-state index contributed by atoms with van der Waals surface area (Å²) >= 11 is 0. The Kier molecular flexibility index (Phi) is 7.10. The van der Waals surface area contributed by atoms with E-state index in [1.165, 1.54) is 4.31 Å². The van der Waals surface area contributed by atoms with Gasteiger partial charge in [0, 0.05) is 50.8 Å². The lowest BCUT2D eigenvalue weighted by molar-refractivity contribution is -0.134. The molecule has 29 heavy (non-hydrogen) atoms. The molecule has 3 heterocycles. The number of pyridine rings is 1. The van der Waals surface area contributed by atoms with Gasteiger partial charge in [-0.3, -0.25) is 15.0 Å². The third-order valence-corrected chi connectivity index (χ3v) is 8.38. The van der Waals surface area contributed by atoms with Crippen LogP contribution < -0.4 is 10.2 Å². The van der Waals surface area contributed by atoms with Gasteiger partial charge < -0.3 is 9.47 Å². The Morgan fingerprint density at radius 1 is 1.34 bits per heavy atom. The molecule has 0 unspecified atom stereocenters. The summed E-state index contributed by atoms with van der Waals surface area (Å²) in [5, 5.41) is 9.14. The predicted molar refractivity (Wildman–Crippen MR) is 105 cm³/mol. The number of nitrogens with one attached hydrogen (secondary N) is 1. The summed E-state index contributed by atoms with van der Waals surface area (Å²) in [4.78, 5) is 16.8. The summed E-state index contributed by atoms with van der Waals surface area (Å²) in [6.07, 6.45) is 3.93. The van der Waals surface area contributed by atoms with Crippen molar-refractivity contribution in [2.45, 2.75) is 49.7 Å². The van der Waals surface area contributed by atoms with Gasteiger partial charge in [0.05, 0.1) is 12.8 Å². The van der Waals surface area contributed by atoms with Gasteiger partial charge in [-0.2, -0.15) is 0 Å². The van der Waals surface area contributed by atoms with Crippen molar-refractivity contribution in [2.75, 3.05) is 32.9 Å². The number of amides is 1. The fourth-order valence-electron chi connectivity index (χ4n) is 3.98. The van der Waals surface area contributed by atoms with E-state index in [9.17, 15) is 13.2 Å². The number of rotatable bonds is 7. The van der Waals surface area contributed by atoms with Crippen molar-refractivity contribution in [3.8, 4) is 5.75 Å². The van der Waals surface area contributed by atoms with Crippen LogP contribution >= 0.6 is 0 Å². The number of nitrogens with zero attached hydrogens (tertiary/aromatic N) is 2. The monoisotopic (exact) mass is 427 g/mol. The van der Waals surface area contributed by atoms with E-state index < -0.39 is 20.7 Å². The number of ether oxygens (including phenoxy) is 2. The van der Waals surface area contributed by atoms with E-state index >= 15 is 0 Å². The molecule has 0 radical (unpaired) electrons. The molecule has 2 aliphatic heterocycles. The lowest BCUT2D eigenvalue weighted by Crippen LogP contribution is -2.60. The maximum absolute atomic E-state index is 13.3. The van der Waals surface area contributed by atoms with Gasteiger partial charge in [-0.1, -0.05) is 6.92 Å². The Morgan fingerprint density at radius 3 is 2.59 bits per heavy atom. The molecule has 1 aromatic rings. The van der Waals surface area contributed by atoms with Gasteiger partial charge in [0.15, 0.2) is 4.75 Å². The minimum atomic E-state index is -3.94. The smallest absolute Gasteiger partial charge is 0.266 e. The van der Waals surface area contributed by atoms with Crippen molar-refractivity contribution in [2.24, 2.45) is 0 Å². The van der Waals surface area contributed by atoms with Crippen molar-refractivity contribution in [1.82, 2.24) is 14.8 Å². The average Bonchev–Trinajstić information content (AvgIpc) is 2.78. The molecule has 2 aliphatic rings. The molecular weight excluding hydrogens is 398 g/mol. The Labute approximate surface area is 171 Å². The molecular formula is C19H29N3O6S. The van der Waals surface area contributed by atoms with Crippen LogP contribution in [-0.4, -0.2) is 66.5 Å². The second kappa shape index (κ2) is 9.38. The van der Waals surface area contributed by atoms with Crippen LogP contribution in [0.5, 0.6) is 5.75 Å². The first-order valence-electron chi connectivity index (χ1n) is 10.1. The number of piperidine rings is 1. The Morgan fingerprint density at radius 2 is 2.03 bits per heavy atom. The SMILES string of the molecule is CCCOc1ccc(C2CCN(S(=O)(=O)C3(C(=O)NO)CCOCC3)CC2)nc1. The van der Waals surface area contributed by atoms with E-state index in [-0.39, 0.29) is 32.0 Å². The molecule has 2 fully saturated rings. The quantitative estimate of drug-likeness (QED) is 0.499. The lowest BCUT2D eigenvalue weighted by atomic mass is 9.94. The van der Waals surface area contributed by atoms with E-state index in [1.807, 2.05) is 19.1 Å². The molecule has 3 rings (SSSR count). The second-order valence-electron chi connectivity index (χ2n) is 7.49. The second-order valence-corrected chi connectivity index (χ2v) is 9.74. The van der Waals surface area contributed by atoms with Crippen molar-refractivity contribution < 1.29 is 27.9 Å². The van der Waals surface area contributed by atoms with E-state index in [0.29, 0.717) is 32.5 Å². The van der Waals surface area contributed by atoms with Crippen LogP contribution in [0.1, 0.15) is 50.6 Å². The summed E-state index contributed by atoms with van der Waals surface area (Å²) < 4.78 is 37.1. The van der Waals surface area contributed by atoms with Gasteiger partial charge >= 0.3 is 0 Å². The summed E-state index contributed by atoms with van der Waals surface area (Å²) in [5.41, 5.74) is 2.47. The number of hydroxylamine groups is 1. The number of carbonyl (C=O) groups is 1. The maximum atomic E-state index is 13.3. The van der Waals surface area contributed by atoms with Crippen LogP contribution in [0, 0.1) is 0 Å². The molecule has 0 saturated carbocycles. The molecule has 9 nitrogen and oxygen atoms in total. The van der Waals surface area contributed by atoms with E-state index in [2.05, 4.69) is 4.98 Å². The van der Waals surface area contributed by atoms with Gasteiger partial charge in [-0.25, -0.2) is 18.2 Å². The molecule has 0 atom stereocenters. The summed E-state index contributed by atoms with van der Waals surface area (Å²) in [6.45, 7) is 3.64. The van der Waals surface area contributed by atoms with Crippen LogP contribution in [0.3, 0.4) is 0 Å². The van der Waals surface area contributed by atoms with Crippen molar-refractivity contribution in [3.63, 3.8) is 0 Å². The van der Waals surface area contributed by atoms with E-state index in [0.717, 1.165) is 17.9 Å². The topological polar surface area (TPSA) is 118 Å². The molecule has 0 aromatic carbocycles. The highest BCUT2D eigenvalue weighted by Crippen LogP contribution is 2.36. The number of hydrogen-bond donors (Lipinski definition) is 2. The zero-order valence-corrected chi connectivity index (χ0v) is 17.5. The van der Waals surface area contributed by atoms with Crippen LogP contribution in [-0.2, 0) is 19.6 Å². The van der Waals surface area contributed by atoms with Crippen molar-refractivity contribution in [3.05, 3.63) is 24.0 Å². The minimum Gasteiger partial charge on any atom is -0.492 e. The lowest BCUT2D eigenvalue weighted by Gasteiger charge is -2.40. The van der Waals surface area contributed by atoms with Gasteiger partial charge in [-0.15, -0.1) is 0 Å². The molecule has 2 saturated heterocycles. The van der Waals surface area contributed by atoms with Gasteiger partial charge in [-0.05, 0) is 31.4 Å². The molecule has 1 aromatic heterocycles. The van der Waals surface area contributed by atoms with Crippen molar-refractivity contribution in [1.29, 1.82) is 0 Å². The van der Waals surface area contributed by atoms with Crippen LogP contribution in [0.2, 0.25) is 0 Å². The fraction of sp³-hybridized carbons (Fsp3) is 0.684. The highest BCUT2D eigenvalue weighted by atomic mass is 32.2. The molecule has 0 aliphatic carbocycles.